The van der Waals surface area contributed by atoms with Gasteiger partial charge in [0, 0.05) is 11.6 Å². The molecule has 0 aliphatic rings. The van der Waals surface area contributed by atoms with E-state index >= 15 is 0 Å². The molecule has 0 spiro atoms. The first-order valence-electron chi connectivity index (χ1n) is 8.11. The Hall–Kier alpha value is -3.22. The third kappa shape index (κ3) is 4.89. The maximum atomic E-state index is 12.3. The second-order valence-electron chi connectivity index (χ2n) is 5.56. The van der Waals surface area contributed by atoms with Crippen LogP contribution in [-0.4, -0.2) is 29.4 Å². The minimum atomic E-state index is -0.982. The van der Waals surface area contributed by atoms with E-state index in [2.05, 4.69) is 0 Å². The minimum absolute atomic E-state index is 0.0383. The highest BCUT2D eigenvalue weighted by atomic mass is 16.6. The number of ketones is 1. The molecule has 0 saturated carbocycles. The van der Waals surface area contributed by atoms with Gasteiger partial charge < -0.3 is 9.47 Å². The number of nitrogens with zero attached hydrogens (tertiary/aromatic N) is 1. The summed E-state index contributed by atoms with van der Waals surface area (Å²) in [4.78, 5) is 34.5. The zero-order chi connectivity index (χ0) is 19.1. The van der Waals surface area contributed by atoms with Crippen LogP contribution in [0, 0.1) is 10.1 Å². The summed E-state index contributed by atoms with van der Waals surface area (Å²) >= 11 is 0. The number of hydrogen-bond donors (Lipinski definition) is 0. The van der Waals surface area contributed by atoms with Crippen LogP contribution in [0.1, 0.15) is 29.8 Å². The molecule has 0 radical (unpaired) electrons. The van der Waals surface area contributed by atoms with Crippen LogP contribution < -0.4 is 4.74 Å². The monoisotopic (exact) mass is 357 g/mol. The molecule has 1 atom stereocenters. The van der Waals surface area contributed by atoms with Gasteiger partial charge in [-0.15, -0.1) is 0 Å². The molecule has 0 aliphatic carbocycles. The highest BCUT2D eigenvalue weighted by Crippen LogP contribution is 2.25. The molecule has 26 heavy (non-hydrogen) atoms. The van der Waals surface area contributed by atoms with Gasteiger partial charge in [-0.05, 0) is 25.0 Å². The molecule has 0 aromatic heterocycles. The van der Waals surface area contributed by atoms with Crippen LogP contribution in [0.15, 0.2) is 48.5 Å². The van der Waals surface area contributed by atoms with Crippen molar-refractivity contribution < 1.29 is 24.0 Å². The molecule has 0 aliphatic heterocycles. The molecule has 7 heteroatoms. The lowest BCUT2D eigenvalue weighted by Crippen LogP contribution is -2.27. The molecule has 136 valence electrons. The Kier molecular flexibility index (Phi) is 6.43. The van der Waals surface area contributed by atoms with Gasteiger partial charge in [-0.25, -0.2) is 4.79 Å². The lowest BCUT2D eigenvalue weighted by molar-refractivity contribution is -0.385. The standard InChI is InChI=1S/C19H19NO6/c1-3-14-8-10-15(11-9-14)19(22)13(2)26-18(21)12-25-17-7-5-4-6-16(17)20(23)24/h4-11,13H,3,12H2,1-2H3/t13-/m1/s1. The summed E-state index contributed by atoms with van der Waals surface area (Å²) in [5, 5.41) is 10.9. The number of ether oxygens (including phenoxy) is 2. The van der Waals surface area contributed by atoms with Crippen LogP contribution in [0.25, 0.3) is 0 Å². The first-order chi connectivity index (χ1) is 12.4. The van der Waals surface area contributed by atoms with Crippen LogP contribution in [-0.2, 0) is 16.0 Å². The molecule has 0 amide bonds. The normalized spacial score (nSPS) is 11.5. The Morgan fingerprint density at radius 2 is 1.77 bits per heavy atom. The molecule has 0 N–H and O–H groups in total. The third-order valence-electron chi connectivity index (χ3n) is 3.73. The molecule has 0 unspecified atom stereocenters. The summed E-state index contributed by atoms with van der Waals surface area (Å²) in [7, 11) is 0. The molecular formula is C19H19NO6. The van der Waals surface area contributed by atoms with Crippen molar-refractivity contribution in [3.8, 4) is 5.75 Å². The van der Waals surface area contributed by atoms with E-state index in [0.29, 0.717) is 5.56 Å². The van der Waals surface area contributed by atoms with Crippen molar-refractivity contribution in [1.82, 2.24) is 0 Å². The lowest BCUT2D eigenvalue weighted by atomic mass is 10.0. The summed E-state index contributed by atoms with van der Waals surface area (Å²) < 4.78 is 10.2. The van der Waals surface area contributed by atoms with E-state index in [-0.39, 0.29) is 17.2 Å². The molecule has 2 aromatic rings. The number of benzene rings is 2. The second-order valence-corrected chi connectivity index (χ2v) is 5.56. The van der Waals surface area contributed by atoms with Gasteiger partial charge in [0.15, 0.2) is 18.5 Å². The fourth-order valence-electron chi connectivity index (χ4n) is 2.29. The fraction of sp³-hybridized carbons (Fsp3) is 0.263. The summed E-state index contributed by atoms with van der Waals surface area (Å²) in [5.74, 6) is -1.15. The highest BCUT2D eigenvalue weighted by Gasteiger charge is 2.21. The SMILES string of the molecule is CCc1ccc(C(=O)[C@@H](C)OC(=O)COc2ccccc2[N+](=O)[O-])cc1. The molecule has 0 heterocycles. The Bertz CT molecular complexity index is 800. The zero-order valence-corrected chi connectivity index (χ0v) is 14.5. The quantitative estimate of drug-likeness (QED) is 0.311. The van der Waals surface area contributed by atoms with E-state index in [0.717, 1.165) is 12.0 Å². The average molecular weight is 357 g/mol. The Morgan fingerprint density at radius 1 is 1.12 bits per heavy atom. The number of carbonyl (C=O) groups excluding carboxylic acids is 2. The number of esters is 1. The number of hydrogen-bond acceptors (Lipinski definition) is 6. The summed E-state index contributed by atoms with van der Waals surface area (Å²) in [5.41, 5.74) is 1.30. The molecule has 0 fully saturated rings. The van der Waals surface area contributed by atoms with Crippen molar-refractivity contribution in [3.05, 3.63) is 69.8 Å². The predicted molar refractivity (Wildman–Crippen MR) is 94.3 cm³/mol. The third-order valence-corrected chi connectivity index (χ3v) is 3.73. The van der Waals surface area contributed by atoms with Crippen LogP contribution >= 0.6 is 0 Å². The number of aryl methyl sites for hydroxylation is 1. The van der Waals surface area contributed by atoms with Crippen molar-refractivity contribution in [3.63, 3.8) is 0 Å². The largest absolute Gasteiger partial charge is 0.475 e. The molecule has 2 rings (SSSR count). The Labute approximate surface area is 150 Å². The zero-order valence-electron chi connectivity index (χ0n) is 14.5. The van der Waals surface area contributed by atoms with E-state index in [9.17, 15) is 19.7 Å². The van der Waals surface area contributed by atoms with Gasteiger partial charge in [-0.2, -0.15) is 0 Å². The predicted octanol–water partition coefficient (Wildman–Crippen LogP) is 3.35. The molecule has 7 nitrogen and oxygen atoms in total. The summed E-state index contributed by atoms with van der Waals surface area (Å²) in [6.45, 7) is 2.95. The maximum Gasteiger partial charge on any atom is 0.344 e. The first kappa shape index (κ1) is 19.1. The molecular weight excluding hydrogens is 338 g/mol. The van der Waals surface area contributed by atoms with E-state index in [1.165, 1.54) is 25.1 Å². The van der Waals surface area contributed by atoms with Gasteiger partial charge in [0.25, 0.3) is 0 Å². The van der Waals surface area contributed by atoms with Crippen LogP contribution in [0.2, 0.25) is 0 Å². The lowest BCUT2D eigenvalue weighted by Gasteiger charge is -2.13. The maximum absolute atomic E-state index is 12.3. The van der Waals surface area contributed by atoms with Crippen molar-refractivity contribution in [2.45, 2.75) is 26.4 Å². The van der Waals surface area contributed by atoms with Crippen LogP contribution in [0.3, 0.4) is 0 Å². The van der Waals surface area contributed by atoms with Gasteiger partial charge in [-0.3, -0.25) is 14.9 Å². The first-order valence-corrected chi connectivity index (χ1v) is 8.11. The van der Waals surface area contributed by atoms with Crippen molar-refractivity contribution in [1.29, 1.82) is 0 Å². The van der Waals surface area contributed by atoms with Gasteiger partial charge >= 0.3 is 11.7 Å². The van der Waals surface area contributed by atoms with Gasteiger partial charge in [0.1, 0.15) is 0 Å². The van der Waals surface area contributed by atoms with Crippen molar-refractivity contribution in [2.75, 3.05) is 6.61 Å². The summed E-state index contributed by atoms with van der Waals surface area (Å²) in [6, 6.07) is 12.8. The van der Waals surface area contributed by atoms with Crippen molar-refractivity contribution in [2.24, 2.45) is 0 Å². The van der Waals surface area contributed by atoms with E-state index in [1.54, 1.807) is 18.2 Å². The Morgan fingerprint density at radius 3 is 2.38 bits per heavy atom. The van der Waals surface area contributed by atoms with Gasteiger partial charge in [0.05, 0.1) is 4.92 Å². The smallest absolute Gasteiger partial charge is 0.344 e. The minimum Gasteiger partial charge on any atom is -0.475 e. The second kappa shape index (κ2) is 8.75. The Balaban J connectivity index is 1.92. The molecule has 2 aromatic carbocycles. The number of nitro benzene ring substituents is 1. The molecule has 0 bridgehead atoms. The number of nitro groups is 1. The highest BCUT2D eigenvalue weighted by molar-refractivity contribution is 6.00. The van der Waals surface area contributed by atoms with E-state index in [1.807, 2.05) is 19.1 Å². The number of rotatable bonds is 8. The molecule has 0 saturated heterocycles. The van der Waals surface area contributed by atoms with Gasteiger partial charge in [-0.1, -0.05) is 43.3 Å². The van der Waals surface area contributed by atoms with Crippen LogP contribution in [0.5, 0.6) is 5.75 Å². The van der Waals surface area contributed by atoms with E-state index in [4.69, 9.17) is 9.47 Å². The van der Waals surface area contributed by atoms with Crippen molar-refractivity contribution >= 4 is 17.4 Å². The fourth-order valence-corrected chi connectivity index (χ4v) is 2.29. The summed E-state index contributed by atoms with van der Waals surface area (Å²) in [6.07, 6.45) is -0.119. The van der Waals surface area contributed by atoms with Crippen LogP contribution in [0.4, 0.5) is 5.69 Å². The number of Topliss-reactive ketones (excluding diaryl/α,β-unsaturated/α-hetero) is 1. The number of carbonyl (C=O) groups is 2. The van der Waals surface area contributed by atoms with E-state index < -0.39 is 23.6 Å². The van der Waals surface area contributed by atoms with Gasteiger partial charge in [0.2, 0.25) is 5.78 Å². The number of para-hydroxylation sites is 2. The average Bonchev–Trinajstić information content (AvgIpc) is 2.66. The topological polar surface area (TPSA) is 95.7 Å².